The third kappa shape index (κ3) is 3.21. The molecule has 0 saturated heterocycles. The van der Waals surface area contributed by atoms with E-state index in [9.17, 15) is 23.1 Å². The summed E-state index contributed by atoms with van der Waals surface area (Å²) < 4.78 is 48.3. The van der Waals surface area contributed by atoms with Crippen LogP contribution in [0, 0.1) is 0 Å². The number of aliphatic hydroxyl groups excluding tert-OH is 1. The van der Waals surface area contributed by atoms with Gasteiger partial charge in [0, 0.05) is 18.5 Å². The Bertz CT molecular complexity index is 841. The second-order valence-corrected chi connectivity index (χ2v) is 6.20. The first-order valence-electron chi connectivity index (χ1n) is 8.32. The Morgan fingerprint density at radius 3 is 2.52 bits per heavy atom. The summed E-state index contributed by atoms with van der Waals surface area (Å²) in [5.41, 5.74) is -2.12. The molecule has 27 heavy (non-hydrogen) atoms. The molecule has 144 valence electrons. The number of fused-ring (bicyclic) bond motifs is 1. The van der Waals surface area contributed by atoms with Crippen LogP contribution in [0.4, 0.5) is 18.9 Å². The van der Waals surface area contributed by atoms with E-state index in [4.69, 9.17) is 4.74 Å². The molecule has 0 radical (unpaired) electrons. The van der Waals surface area contributed by atoms with Gasteiger partial charge in [-0.15, -0.1) is 0 Å². The van der Waals surface area contributed by atoms with Crippen molar-refractivity contribution < 1.29 is 27.8 Å². The molecule has 0 bridgehead atoms. The van der Waals surface area contributed by atoms with Gasteiger partial charge >= 0.3 is 6.18 Å². The Hall–Kier alpha value is -2.74. The van der Waals surface area contributed by atoms with Gasteiger partial charge in [-0.2, -0.15) is 13.2 Å². The van der Waals surface area contributed by atoms with E-state index in [-0.39, 0.29) is 22.6 Å². The van der Waals surface area contributed by atoms with Gasteiger partial charge in [0.05, 0.1) is 19.4 Å². The van der Waals surface area contributed by atoms with Crippen LogP contribution in [0.25, 0.3) is 0 Å². The van der Waals surface area contributed by atoms with Gasteiger partial charge in [-0.05, 0) is 23.8 Å². The molecule has 0 fully saturated rings. The second-order valence-electron chi connectivity index (χ2n) is 6.20. The standard InChI is InChI=1S/C19H19F3N2O3/c1-27-16-9-5-4-8-15(16)23-18(19(20,21)22)12-13-6-2-3-7-14(13)17(26)24(18)10-11-25/h2-9,23,25H,10-12H2,1H3. The van der Waals surface area contributed by atoms with Crippen LogP contribution in [-0.2, 0) is 6.42 Å². The number of β-amino-alcohol motifs (C(OH)–C–C–N with tert-alkyl or cyclic N) is 1. The molecule has 0 saturated carbocycles. The molecule has 5 nitrogen and oxygen atoms in total. The SMILES string of the molecule is COc1ccccc1NC1(C(F)(F)F)Cc2ccccc2C(=O)N1CCO. The van der Waals surface area contributed by atoms with Crippen molar-refractivity contribution in [2.75, 3.05) is 25.6 Å². The zero-order valence-electron chi connectivity index (χ0n) is 14.6. The van der Waals surface area contributed by atoms with Gasteiger partial charge in [-0.3, -0.25) is 4.79 Å². The second kappa shape index (κ2) is 7.11. The summed E-state index contributed by atoms with van der Waals surface area (Å²) in [6.07, 6.45) is -5.30. The highest BCUT2D eigenvalue weighted by molar-refractivity contribution is 5.98. The molecule has 2 aromatic rings. The number of para-hydroxylation sites is 2. The molecule has 1 amide bonds. The lowest BCUT2D eigenvalue weighted by molar-refractivity contribution is -0.216. The Balaban J connectivity index is 2.18. The maximum absolute atomic E-state index is 14.4. The summed E-state index contributed by atoms with van der Waals surface area (Å²) in [6, 6.07) is 12.4. The van der Waals surface area contributed by atoms with Crippen molar-refractivity contribution in [3.8, 4) is 5.75 Å². The van der Waals surface area contributed by atoms with Gasteiger partial charge in [0.25, 0.3) is 5.91 Å². The van der Waals surface area contributed by atoms with Crippen molar-refractivity contribution in [1.82, 2.24) is 4.90 Å². The van der Waals surface area contributed by atoms with Crippen molar-refractivity contribution in [3.63, 3.8) is 0 Å². The molecule has 0 aliphatic carbocycles. The molecular formula is C19H19F3N2O3. The number of methoxy groups -OCH3 is 1. The van der Waals surface area contributed by atoms with Crippen LogP contribution in [0.3, 0.4) is 0 Å². The smallest absolute Gasteiger partial charge is 0.430 e. The number of anilines is 1. The van der Waals surface area contributed by atoms with Crippen molar-refractivity contribution in [3.05, 3.63) is 59.7 Å². The zero-order valence-corrected chi connectivity index (χ0v) is 14.6. The predicted molar refractivity (Wildman–Crippen MR) is 93.7 cm³/mol. The summed E-state index contributed by atoms with van der Waals surface area (Å²) >= 11 is 0. The van der Waals surface area contributed by atoms with Crippen molar-refractivity contribution in [2.24, 2.45) is 0 Å². The minimum Gasteiger partial charge on any atom is -0.495 e. The minimum absolute atomic E-state index is 0.104. The highest BCUT2D eigenvalue weighted by atomic mass is 19.4. The molecule has 2 aromatic carbocycles. The Kier molecular flexibility index (Phi) is 5.01. The Morgan fingerprint density at radius 2 is 1.85 bits per heavy atom. The van der Waals surface area contributed by atoms with Crippen LogP contribution in [0.2, 0.25) is 0 Å². The van der Waals surface area contributed by atoms with E-state index in [2.05, 4.69) is 5.32 Å². The molecular weight excluding hydrogens is 361 g/mol. The number of halogens is 3. The van der Waals surface area contributed by atoms with E-state index in [1.54, 1.807) is 24.3 Å². The number of nitrogens with one attached hydrogen (secondary N) is 1. The lowest BCUT2D eigenvalue weighted by Gasteiger charge is -2.48. The largest absolute Gasteiger partial charge is 0.495 e. The number of nitrogens with zero attached hydrogens (tertiary/aromatic N) is 1. The first-order valence-corrected chi connectivity index (χ1v) is 8.32. The number of benzene rings is 2. The van der Waals surface area contributed by atoms with Crippen LogP contribution in [0.5, 0.6) is 5.75 Å². The fraction of sp³-hybridized carbons (Fsp3) is 0.316. The van der Waals surface area contributed by atoms with E-state index in [1.165, 1.54) is 31.4 Å². The minimum atomic E-state index is -4.81. The van der Waals surface area contributed by atoms with E-state index in [0.717, 1.165) is 0 Å². The molecule has 1 unspecified atom stereocenters. The molecule has 2 N–H and O–H groups in total. The van der Waals surface area contributed by atoms with E-state index < -0.39 is 37.3 Å². The number of hydrogen-bond acceptors (Lipinski definition) is 4. The number of amides is 1. The van der Waals surface area contributed by atoms with Crippen LogP contribution in [0.15, 0.2) is 48.5 Å². The number of ether oxygens (including phenoxy) is 1. The van der Waals surface area contributed by atoms with E-state index in [1.807, 2.05) is 0 Å². The molecule has 0 aromatic heterocycles. The number of carbonyl (C=O) groups is 1. The fourth-order valence-corrected chi connectivity index (χ4v) is 3.37. The Labute approximate surface area is 154 Å². The maximum atomic E-state index is 14.4. The van der Waals surface area contributed by atoms with Crippen molar-refractivity contribution >= 4 is 11.6 Å². The van der Waals surface area contributed by atoms with Gasteiger partial charge in [-0.1, -0.05) is 30.3 Å². The predicted octanol–water partition coefficient (Wildman–Crippen LogP) is 3.06. The Morgan fingerprint density at radius 1 is 1.19 bits per heavy atom. The average molecular weight is 380 g/mol. The van der Waals surface area contributed by atoms with Gasteiger partial charge in [-0.25, -0.2) is 0 Å². The number of alkyl halides is 3. The fourth-order valence-electron chi connectivity index (χ4n) is 3.37. The topological polar surface area (TPSA) is 61.8 Å². The van der Waals surface area contributed by atoms with Gasteiger partial charge in [0.1, 0.15) is 5.75 Å². The quantitative estimate of drug-likeness (QED) is 0.837. The van der Waals surface area contributed by atoms with Crippen molar-refractivity contribution in [1.29, 1.82) is 0 Å². The maximum Gasteiger partial charge on any atom is 0.430 e. The van der Waals surface area contributed by atoms with Crippen LogP contribution < -0.4 is 10.1 Å². The van der Waals surface area contributed by atoms with Gasteiger partial charge in [0.15, 0.2) is 0 Å². The highest BCUT2D eigenvalue weighted by Crippen LogP contribution is 2.44. The lowest BCUT2D eigenvalue weighted by Crippen LogP contribution is -2.69. The number of aliphatic hydroxyl groups is 1. The summed E-state index contributed by atoms with van der Waals surface area (Å²) in [4.78, 5) is 13.5. The molecule has 0 spiro atoms. The number of hydrogen-bond donors (Lipinski definition) is 2. The third-order valence-electron chi connectivity index (χ3n) is 4.64. The number of carbonyl (C=O) groups excluding carboxylic acids is 1. The first kappa shape index (κ1) is 19.0. The van der Waals surface area contributed by atoms with E-state index in [0.29, 0.717) is 4.90 Å². The normalized spacial score (nSPS) is 19.6. The molecule has 8 heteroatoms. The molecule has 1 heterocycles. The summed E-state index contributed by atoms with van der Waals surface area (Å²) in [6.45, 7) is -1.06. The molecule has 1 aliphatic rings. The lowest BCUT2D eigenvalue weighted by atomic mass is 9.87. The first-order chi connectivity index (χ1) is 12.8. The van der Waals surface area contributed by atoms with Gasteiger partial charge < -0.3 is 20.1 Å². The summed E-state index contributed by atoms with van der Waals surface area (Å²) in [5.74, 6) is -0.568. The van der Waals surface area contributed by atoms with Crippen LogP contribution in [-0.4, -0.2) is 48.0 Å². The highest BCUT2D eigenvalue weighted by Gasteiger charge is 2.62. The monoisotopic (exact) mass is 380 g/mol. The van der Waals surface area contributed by atoms with Gasteiger partial charge in [0.2, 0.25) is 5.66 Å². The van der Waals surface area contributed by atoms with E-state index >= 15 is 0 Å². The summed E-state index contributed by atoms with van der Waals surface area (Å²) in [5, 5.41) is 11.8. The number of rotatable bonds is 5. The third-order valence-corrected chi connectivity index (χ3v) is 4.64. The zero-order chi connectivity index (χ0) is 19.7. The molecule has 1 atom stereocenters. The summed E-state index contributed by atoms with van der Waals surface area (Å²) in [7, 11) is 1.35. The van der Waals surface area contributed by atoms with Crippen LogP contribution in [0.1, 0.15) is 15.9 Å². The molecule has 3 rings (SSSR count). The van der Waals surface area contributed by atoms with Crippen molar-refractivity contribution in [2.45, 2.75) is 18.3 Å². The van der Waals surface area contributed by atoms with Crippen LogP contribution >= 0.6 is 0 Å². The average Bonchev–Trinajstić information content (AvgIpc) is 2.64. The molecule has 1 aliphatic heterocycles.